The number of nitrogens with zero attached hydrogens (tertiary/aromatic N) is 2. The van der Waals surface area contributed by atoms with E-state index in [4.69, 9.17) is 0 Å². The molecule has 88 valence electrons. The number of hydrogen-bond acceptors (Lipinski definition) is 3. The van der Waals surface area contributed by atoms with Gasteiger partial charge in [-0.2, -0.15) is 0 Å². The van der Waals surface area contributed by atoms with E-state index in [1.165, 1.54) is 0 Å². The highest BCUT2D eigenvalue weighted by Crippen LogP contribution is 2.21. The number of hydrogen-bond donors (Lipinski definition) is 1. The van der Waals surface area contributed by atoms with Crippen LogP contribution in [0.1, 0.15) is 13.3 Å². The van der Waals surface area contributed by atoms with Crippen LogP contribution in [0.15, 0.2) is 41.1 Å². The minimum atomic E-state index is 0.875. The average molecular weight is 292 g/mol. The van der Waals surface area contributed by atoms with E-state index in [9.17, 15) is 0 Å². The number of benzene rings is 1. The number of halogens is 1. The molecular formula is C13H14BrN3. The summed E-state index contributed by atoms with van der Waals surface area (Å²) in [6.07, 6.45) is 2.67. The number of aromatic nitrogens is 2. The molecule has 0 saturated carbocycles. The fourth-order valence-electron chi connectivity index (χ4n) is 1.49. The third-order valence-electron chi connectivity index (χ3n) is 2.36. The molecule has 2 rings (SSSR count). The van der Waals surface area contributed by atoms with Gasteiger partial charge in [0.15, 0.2) is 0 Å². The molecule has 0 aliphatic carbocycles. The topological polar surface area (TPSA) is 37.8 Å². The largest absolute Gasteiger partial charge is 0.370 e. The zero-order valence-corrected chi connectivity index (χ0v) is 11.2. The Labute approximate surface area is 109 Å². The number of anilines is 1. The summed E-state index contributed by atoms with van der Waals surface area (Å²) < 4.78 is 1.07. The van der Waals surface area contributed by atoms with Gasteiger partial charge < -0.3 is 5.32 Å². The molecule has 0 atom stereocenters. The first-order chi connectivity index (χ1) is 8.29. The molecule has 0 radical (unpaired) electrons. The highest BCUT2D eigenvalue weighted by atomic mass is 79.9. The summed E-state index contributed by atoms with van der Waals surface area (Å²) in [7, 11) is 0. The fraction of sp³-hybridized carbons (Fsp3) is 0.231. The van der Waals surface area contributed by atoms with E-state index < -0.39 is 0 Å². The maximum absolute atomic E-state index is 4.28. The van der Waals surface area contributed by atoms with E-state index >= 15 is 0 Å². The molecule has 3 nitrogen and oxygen atoms in total. The predicted octanol–water partition coefficient (Wildman–Crippen LogP) is 3.73. The van der Waals surface area contributed by atoms with Gasteiger partial charge in [-0.15, -0.1) is 0 Å². The Hall–Kier alpha value is -1.42. The van der Waals surface area contributed by atoms with Gasteiger partial charge in [0.1, 0.15) is 12.1 Å². The molecule has 0 aliphatic heterocycles. The van der Waals surface area contributed by atoms with E-state index in [0.29, 0.717) is 0 Å². The molecule has 17 heavy (non-hydrogen) atoms. The maximum atomic E-state index is 4.28. The maximum Gasteiger partial charge on any atom is 0.129 e. The van der Waals surface area contributed by atoms with Crippen LogP contribution in [0.4, 0.5) is 5.82 Å². The second-order valence-corrected chi connectivity index (χ2v) is 4.64. The van der Waals surface area contributed by atoms with E-state index in [2.05, 4.69) is 38.1 Å². The van der Waals surface area contributed by atoms with E-state index in [1.807, 2.05) is 30.3 Å². The first kappa shape index (κ1) is 12.0. The molecule has 0 unspecified atom stereocenters. The normalized spacial score (nSPS) is 10.2. The minimum absolute atomic E-state index is 0.875. The Morgan fingerprint density at radius 3 is 2.65 bits per heavy atom. The van der Waals surface area contributed by atoms with Crippen LogP contribution in [0.3, 0.4) is 0 Å². The molecule has 0 saturated heterocycles. The molecule has 1 heterocycles. The van der Waals surface area contributed by atoms with Crippen LogP contribution in [0, 0.1) is 0 Å². The van der Waals surface area contributed by atoms with Crippen molar-refractivity contribution in [3.63, 3.8) is 0 Å². The molecular weight excluding hydrogens is 278 g/mol. The zero-order chi connectivity index (χ0) is 12.1. The van der Waals surface area contributed by atoms with Gasteiger partial charge in [0.2, 0.25) is 0 Å². The summed E-state index contributed by atoms with van der Waals surface area (Å²) in [4.78, 5) is 8.47. The minimum Gasteiger partial charge on any atom is -0.370 e. The average Bonchev–Trinajstić information content (AvgIpc) is 2.37. The molecule has 0 aliphatic rings. The quantitative estimate of drug-likeness (QED) is 0.933. The van der Waals surface area contributed by atoms with Crippen molar-refractivity contribution in [3.8, 4) is 11.3 Å². The van der Waals surface area contributed by atoms with Crippen LogP contribution in [-0.4, -0.2) is 16.5 Å². The van der Waals surface area contributed by atoms with Crippen LogP contribution < -0.4 is 5.32 Å². The molecule has 0 amide bonds. The summed E-state index contributed by atoms with van der Waals surface area (Å²) in [5, 5.41) is 3.26. The SMILES string of the molecule is CCCNc1cc(-c2ccc(Br)cc2)ncn1. The van der Waals surface area contributed by atoms with Gasteiger partial charge in [-0.25, -0.2) is 9.97 Å². The number of nitrogens with one attached hydrogen (secondary N) is 1. The second kappa shape index (κ2) is 5.77. The summed E-state index contributed by atoms with van der Waals surface area (Å²) in [6, 6.07) is 10.1. The molecule has 0 fully saturated rings. The molecule has 1 aromatic heterocycles. The van der Waals surface area contributed by atoms with Crippen molar-refractivity contribution < 1.29 is 0 Å². The van der Waals surface area contributed by atoms with E-state index in [1.54, 1.807) is 6.33 Å². The van der Waals surface area contributed by atoms with Crippen LogP contribution in [0.5, 0.6) is 0 Å². The van der Waals surface area contributed by atoms with Crippen molar-refractivity contribution in [2.75, 3.05) is 11.9 Å². The Balaban J connectivity index is 2.23. The molecule has 2 aromatic rings. The van der Waals surface area contributed by atoms with E-state index in [0.717, 1.165) is 34.5 Å². The summed E-state index contributed by atoms with van der Waals surface area (Å²) in [5.74, 6) is 0.875. The highest BCUT2D eigenvalue weighted by molar-refractivity contribution is 9.10. The van der Waals surface area contributed by atoms with Crippen LogP contribution in [-0.2, 0) is 0 Å². The van der Waals surface area contributed by atoms with Crippen molar-refractivity contribution in [2.24, 2.45) is 0 Å². The van der Waals surface area contributed by atoms with Crippen LogP contribution >= 0.6 is 15.9 Å². The van der Waals surface area contributed by atoms with Gasteiger partial charge in [0.05, 0.1) is 5.69 Å². The van der Waals surface area contributed by atoms with Gasteiger partial charge in [-0.1, -0.05) is 35.0 Å². The van der Waals surface area contributed by atoms with Gasteiger partial charge in [-0.05, 0) is 18.6 Å². The standard InChI is InChI=1S/C13H14BrN3/c1-2-7-15-13-8-12(16-9-17-13)10-3-5-11(14)6-4-10/h3-6,8-9H,2,7H2,1H3,(H,15,16,17). The lowest BCUT2D eigenvalue weighted by Gasteiger charge is -2.05. The lowest BCUT2D eigenvalue weighted by Crippen LogP contribution is -2.02. The van der Waals surface area contributed by atoms with Gasteiger partial charge in [-0.3, -0.25) is 0 Å². The molecule has 0 spiro atoms. The van der Waals surface area contributed by atoms with Gasteiger partial charge in [0, 0.05) is 22.6 Å². The smallest absolute Gasteiger partial charge is 0.129 e. The lowest BCUT2D eigenvalue weighted by molar-refractivity contribution is 0.965. The number of rotatable bonds is 4. The predicted molar refractivity (Wildman–Crippen MR) is 73.9 cm³/mol. The first-order valence-electron chi connectivity index (χ1n) is 5.61. The first-order valence-corrected chi connectivity index (χ1v) is 6.40. The Morgan fingerprint density at radius 2 is 1.94 bits per heavy atom. The molecule has 4 heteroatoms. The Kier molecular flexibility index (Phi) is 4.09. The van der Waals surface area contributed by atoms with Crippen molar-refractivity contribution >= 4 is 21.7 Å². The fourth-order valence-corrected chi connectivity index (χ4v) is 1.75. The van der Waals surface area contributed by atoms with E-state index in [-0.39, 0.29) is 0 Å². The van der Waals surface area contributed by atoms with Crippen LogP contribution in [0.2, 0.25) is 0 Å². The zero-order valence-electron chi connectivity index (χ0n) is 9.65. The summed E-state index contributed by atoms with van der Waals surface area (Å²) in [5.41, 5.74) is 2.03. The Bertz CT molecular complexity index is 482. The van der Waals surface area contributed by atoms with Crippen LogP contribution in [0.25, 0.3) is 11.3 Å². The van der Waals surface area contributed by atoms with Crippen molar-refractivity contribution in [1.82, 2.24) is 9.97 Å². The molecule has 1 N–H and O–H groups in total. The van der Waals surface area contributed by atoms with Gasteiger partial charge >= 0.3 is 0 Å². The third-order valence-corrected chi connectivity index (χ3v) is 2.89. The third kappa shape index (κ3) is 3.27. The van der Waals surface area contributed by atoms with Crippen molar-refractivity contribution in [3.05, 3.63) is 41.1 Å². The monoisotopic (exact) mass is 291 g/mol. The highest BCUT2D eigenvalue weighted by Gasteiger charge is 2.01. The Morgan fingerprint density at radius 1 is 1.18 bits per heavy atom. The lowest BCUT2D eigenvalue weighted by atomic mass is 10.1. The summed E-state index contributed by atoms with van der Waals surface area (Å²) >= 11 is 3.42. The molecule has 1 aromatic carbocycles. The van der Waals surface area contributed by atoms with Crippen molar-refractivity contribution in [2.45, 2.75) is 13.3 Å². The van der Waals surface area contributed by atoms with Gasteiger partial charge in [0.25, 0.3) is 0 Å². The van der Waals surface area contributed by atoms with Crippen molar-refractivity contribution in [1.29, 1.82) is 0 Å². The molecule has 0 bridgehead atoms. The second-order valence-electron chi connectivity index (χ2n) is 3.72. The summed E-state index contributed by atoms with van der Waals surface area (Å²) in [6.45, 7) is 3.06.